The number of amides is 1. The van der Waals surface area contributed by atoms with Crippen molar-refractivity contribution >= 4 is 22.9 Å². The number of carbonyl (C=O) groups is 1. The van der Waals surface area contributed by atoms with Gasteiger partial charge in [0.2, 0.25) is 5.91 Å². The Morgan fingerprint density at radius 2 is 1.74 bits per heavy atom. The minimum atomic E-state index is 0.108. The van der Waals surface area contributed by atoms with Gasteiger partial charge >= 0.3 is 0 Å². The summed E-state index contributed by atoms with van der Waals surface area (Å²) in [5.74, 6) is 0.108. The van der Waals surface area contributed by atoms with Crippen LogP contribution < -0.4 is 5.32 Å². The average Bonchev–Trinajstić information content (AvgIpc) is 3.09. The summed E-state index contributed by atoms with van der Waals surface area (Å²) in [7, 11) is 0. The number of thiophene rings is 1. The van der Waals surface area contributed by atoms with Gasteiger partial charge in [-0.25, -0.2) is 0 Å². The van der Waals surface area contributed by atoms with Crippen LogP contribution in [-0.2, 0) is 24.2 Å². The summed E-state index contributed by atoms with van der Waals surface area (Å²) in [6, 6.07) is 8.52. The first-order valence-corrected chi connectivity index (χ1v) is 11.0. The van der Waals surface area contributed by atoms with Crippen molar-refractivity contribution in [3.05, 3.63) is 51.7 Å². The highest BCUT2D eigenvalue weighted by Gasteiger charge is 2.18. The van der Waals surface area contributed by atoms with E-state index >= 15 is 0 Å². The molecule has 1 saturated heterocycles. The second-order valence-electron chi connectivity index (χ2n) is 7.24. The normalized spacial score (nSPS) is 16.2. The van der Waals surface area contributed by atoms with E-state index in [1.54, 1.807) is 11.3 Å². The molecular weight excluding hydrogens is 354 g/mol. The Balaban J connectivity index is 1.54. The van der Waals surface area contributed by atoms with Crippen LogP contribution in [0.15, 0.2) is 35.0 Å². The van der Waals surface area contributed by atoms with Gasteiger partial charge in [0.25, 0.3) is 0 Å². The lowest BCUT2D eigenvalue weighted by Crippen LogP contribution is -2.36. The van der Waals surface area contributed by atoms with E-state index in [1.807, 2.05) is 0 Å². The summed E-state index contributed by atoms with van der Waals surface area (Å²) in [5, 5.41) is 7.57. The fourth-order valence-corrected chi connectivity index (χ4v) is 4.43. The highest BCUT2D eigenvalue weighted by atomic mass is 32.1. The molecule has 0 aliphatic carbocycles. The maximum Gasteiger partial charge on any atom is 0.238 e. The molecule has 5 heteroatoms. The molecule has 3 rings (SSSR count). The second-order valence-corrected chi connectivity index (χ2v) is 8.02. The molecule has 0 bridgehead atoms. The lowest BCUT2D eigenvalue weighted by molar-refractivity contribution is -0.117. The molecule has 27 heavy (non-hydrogen) atoms. The first-order chi connectivity index (χ1) is 13.2. The average molecular weight is 386 g/mol. The standard InChI is InChI=1S/C22H31N3OS/c1-3-19-7-5-8-20(4-2)22(19)23-21(26)16-25-11-6-10-24(12-13-25)15-18-9-14-27-17-18/h5,7-9,14,17H,3-4,6,10-13,15-16H2,1-2H3,(H,23,26). The number of para-hydroxylation sites is 1. The van der Waals surface area contributed by atoms with Gasteiger partial charge in [0.05, 0.1) is 6.54 Å². The van der Waals surface area contributed by atoms with E-state index < -0.39 is 0 Å². The van der Waals surface area contributed by atoms with Crippen molar-refractivity contribution in [2.24, 2.45) is 0 Å². The molecule has 146 valence electrons. The molecule has 1 aromatic heterocycles. The molecule has 4 nitrogen and oxygen atoms in total. The Kier molecular flexibility index (Phi) is 7.44. The van der Waals surface area contributed by atoms with Crippen LogP contribution in [0.4, 0.5) is 5.69 Å². The Morgan fingerprint density at radius 1 is 1.04 bits per heavy atom. The van der Waals surface area contributed by atoms with Crippen LogP contribution in [0.2, 0.25) is 0 Å². The summed E-state index contributed by atoms with van der Waals surface area (Å²) in [6.45, 7) is 9.85. The topological polar surface area (TPSA) is 35.6 Å². The van der Waals surface area contributed by atoms with Gasteiger partial charge in [-0.3, -0.25) is 14.6 Å². The Bertz CT molecular complexity index is 707. The zero-order valence-corrected chi connectivity index (χ0v) is 17.4. The molecule has 2 heterocycles. The van der Waals surface area contributed by atoms with Crippen LogP contribution in [0.25, 0.3) is 0 Å². The predicted octanol–water partition coefficient (Wildman–Crippen LogP) is 4.02. The van der Waals surface area contributed by atoms with Crippen molar-refractivity contribution in [3.63, 3.8) is 0 Å². The first kappa shape index (κ1) is 20.1. The van der Waals surface area contributed by atoms with E-state index in [0.717, 1.165) is 57.7 Å². The number of nitrogens with zero attached hydrogens (tertiary/aromatic N) is 2. The highest BCUT2D eigenvalue weighted by molar-refractivity contribution is 7.07. The molecule has 0 spiro atoms. The van der Waals surface area contributed by atoms with Gasteiger partial charge in [0.1, 0.15) is 0 Å². The van der Waals surface area contributed by atoms with Crippen LogP contribution >= 0.6 is 11.3 Å². The van der Waals surface area contributed by atoms with Gasteiger partial charge in [0.15, 0.2) is 0 Å². The smallest absolute Gasteiger partial charge is 0.238 e. The molecule has 0 atom stereocenters. The number of hydrogen-bond donors (Lipinski definition) is 1. The van der Waals surface area contributed by atoms with E-state index in [-0.39, 0.29) is 5.91 Å². The lowest BCUT2D eigenvalue weighted by Gasteiger charge is -2.22. The molecule has 1 N–H and O–H groups in total. The number of anilines is 1. The molecule has 1 fully saturated rings. The molecule has 0 saturated carbocycles. The fourth-order valence-electron chi connectivity index (χ4n) is 3.77. The maximum absolute atomic E-state index is 12.7. The van der Waals surface area contributed by atoms with Gasteiger partial charge in [-0.15, -0.1) is 0 Å². The van der Waals surface area contributed by atoms with Gasteiger partial charge in [-0.1, -0.05) is 32.0 Å². The molecule has 0 unspecified atom stereocenters. The van der Waals surface area contributed by atoms with E-state index in [0.29, 0.717) is 6.54 Å². The summed E-state index contributed by atoms with van der Waals surface area (Å²) in [5.41, 5.74) is 4.87. The van der Waals surface area contributed by atoms with Gasteiger partial charge in [0, 0.05) is 25.3 Å². The number of benzene rings is 1. The minimum Gasteiger partial charge on any atom is -0.324 e. The second kappa shape index (κ2) is 10.0. The van der Waals surface area contributed by atoms with Gasteiger partial charge in [-0.05, 0) is 65.9 Å². The SMILES string of the molecule is CCc1cccc(CC)c1NC(=O)CN1CCCN(Cc2ccsc2)CC1. The lowest BCUT2D eigenvalue weighted by atomic mass is 10.0. The first-order valence-electron chi connectivity index (χ1n) is 10.1. The largest absolute Gasteiger partial charge is 0.324 e. The monoisotopic (exact) mass is 385 g/mol. The van der Waals surface area contributed by atoms with Crippen LogP contribution in [0.3, 0.4) is 0 Å². The van der Waals surface area contributed by atoms with E-state index in [4.69, 9.17) is 0 Å². The summed E-state index contributed by atoms with van der Waals surface area (Å²) in [4.78, 5) is 17.5. The molecule has 0 radical (unpaired) electrons. The summed E-state index contributed by atoms with van der Waals surface area (Å²) >= 11 is 1.76. The van der Waals surface area contributed by atoms with Crippen molar-refractivity contribution in [2.45, 2.75) is 39.7 Å². The molecule has 1 aromatic carbocycles. The summed E-state index contributed by atoms with van der Waals surface area (Å²) in [6.07, 6.45) is 2.98. The van der Waals surface area contributed by atoms with Crippen LogP contribution in [0, 0.1) is 0 Å². The molecular formula is C22H31N3OS. The van der Waals surface area contributed by atoms with Crippen molar-refractivity contribution in [3.8, 4) is 0 Å². The van der Waals surface area contributed by atoms with E-state index in [1.165, 1.54) is 16.7 Å². The number of aryl methyl sites for hydroxylation is 2. The molecule has 1 aliphatic rings. The number of carbonyl (C=O) groups excluding carboxylic acids is 1. The third-order valence-corrected chi connectivity index (χ3v) is 6.03. The zero-order chi connectivity index (χ0) is 19.1. The zero-order valence-electron chi connectivity index (χ0n) is 16.5. The third kappa shape index (κ3) is 5.64. The Labute approximate surface area is 167 Å². The van der Waals surface area contributed by atoms with Crippen LogP contribution in [0.1, 0.15) is 37.0 Å². The Hall–Kier alpha value is -1.69. The number of rotatable bonds is 7. The van der Waals surface area contributed by atoms with E-state index in [2.05, 4.69) is 64.0 Å². The maximum atomic E-state index is 12.7. The van der Waals surface area contributed by atoms with Crippen molar-refractivity contribution in [1.82, 2.24) is 9.80 Å². The number of hydrogen-bond acceptors (Lipinski definition) is 4. The van der Waals surface area contributed by atoms with Crippen molar-refractivity contribution in [1.29, 1.82) is 0 Å². The molecule has 1 aliphatic heterocycles. The Morgan fingerprint density at radius 3 is 2.41 bits per heavy atom. The van der Waals surface area contributed by atoms with Crippen molar-refractivity contribution in [2.75, 3.05) is 38.0 Å². The van der Waals surface area contributed by atoms with Crippen molar-refractivity contribution < 1.29 is 4.79 Å². The van der Waals surface area contributed by atoms with Gasteiger partial charge < -0.3 is 5.32 Å². The summed E-state index contributed by atoms with van der Waals surface area (Å²) < 4.78 is 0. The van der Waals surface area contributed by atoms with Gasteiger partial charge in [-0.2, -0.15) is 11.3 Å². The predicted molar refractivity (Wildman–Crippen MR) is 114 cm³/mol. The van der Waals surface area contributed by atoms with Crippen LogP contribution in [-0.4, -0.2) is 48.4 Å². The highest BCUT2D eigenvalue weighted by Crippen LogP contribution is 2.22. The van der Waals surface area contributed by atoms with E-state index in [9.17, 15) is 4.79 Å². The molecule has 1 amide bonds. The third-order valence-electron chi connectivity index (χ3n) is 5.30. The molecule has 2 aromatic rings. The fraction of sp³-hybridized carbons (Fsp3) is 0.500. The van der Waals surface area contributed by atoms with Crippen LogP contribution in [0.5, 0.6) is 0 Å². The quantitative estimate of drug-likeness (QED) is 0.782. The minimum absolute atomic E-state index is 0.108. The number of nitrogens with one attached hydrogen (secondary N) is 1.